The zero-order chi connectivity index (χ0) is 13.1. The maximum Gasteiger partial charge on any atom is 0.197 e. The van der Waals surface area contributed by atoms with E-state index in [1.807, 2.05) is 42.5 Å². The maximum absolute atomic E-state index is 6.05. The fraction of sp³-hybridized carbons (Fsp3) is 0.133. The second kappa shape index (κ2) is 5.33. The van der Waals surface area contributed by atoms with Gasteiger partial charge in [0.1, 0.15) is 5.52 Å². The molecule has 1 aromatic heterocycles. The highest BCUT2D eigenvalue weighted by Gasteiger charge is 2.07. The molecule has 96 valence electrons. The summed E-state index contributed by atoms with van der Waals surface area (Å²) in [6, 6.07) is 15.6. The zero-order valence-electron chi connectivity index (χ0n) is 10.3. The Morgan fingerprint density at radius 1 is 1.05 bits per heavy atom. The quantitative estimate of drug-likeness (QED) is 0.776. The van der Waals surface area contributed by atoms with Crippen molar-refractivity contribution >= 4 is 28.4 Å². The van der Waals surface area contributed by atoms with Crippen LogP contribution in [0, 0.1) is 0 Å². The average Bonchev–Trinajstić information content (AvgIpc) is 2.84. The van der Waals surface area contributed by atoms with Gasteiger partial charge < -0.3 is 9.73 Å². The fourth-order valence-electron chi connectivity index (χ4n) is 1.94. The van der Waals surface area contributed by atoms with Gasteiger partial charge in [0, 0.05) is 18.7 Å². The molecule has 19 heavy (non-hydrogen) atoms. The molecule has 3 rings (SSSR count). The van der Waals surface area contributed by atoms with E-state index in [4.69, 9.17) is 16.0 Å². The molecule has 0 aliphatic rings. The molecule has 0 spiro atoms. The predicted molar refractivity (Wildman–Crippen MR) is 77.7 cm³/mol. The summed E-state index contributed by atoms with van der Waals surface area (Å²) in [4.78, 5) is 4.41. The highest BCUT2D eigenvalue weighted by molar-refractivity contribution is 6.34. The Morgan fingerprint density at radius 2 is 1.89 bits per heavy atom. The zero-order valence-corrected chi connectivity index (χ0v) is 11.0. The number of rotatable bonds is 4. The lowest BCUT2D eigenvalue weighted by molar-refractivity contribution is 0.534. The van der Waals surface area contributed by atoms with Crippen LogP contribution in [0.3, 0.4) is 0 Å². The first-order valence-electron chi connectivity index (χ1n) is 6.16. The number of aromatic nitrogens is 1. The van der Waals surface area contributed by atoms with Crippen molar-refractivity contribution in [1.82, 2.24) is 4.98 Å². The van der Waals surface area contributed by atoms with Crippen molar-refractivity contribution in [2.75, 3.05) is 11.9 Å². The summed E-state index contributed by atoms with van der Waals surface area (Å²) in [7, 11) is 0. The fourth-order valence-corrected chi connectivity index (χ4v) is 2.15. The molecule has 1 heterocycles. The van der Waals surface area contributed by atoms with Crippen molar-refractivity contribution in [3.05, 3.63) is 59.4 Å². The lowest BCUT2D eigenvalue weighted by Crippen LogP contribution is -2.04. The SMILES string of the molecule is Clc1cccc2nc(CCNc3ccccc3)oc12. The lowest BCUT2D eigenvalue weighted by Gasteiger charge is -2.03. The van der Waals surface area contributed by atoms with Crippen LogP contribution in [0.1, 0.15) is 5.89 Å². The van der Waals surface area contributed by atoms with Gasteiger partial charge in [-0.3, -0.25) is 0 Å². The summed E-state index contributed by atoms with van der Waals surface area (Å²) in [6.45, 7) is 0.772. The number of anilines is 1. The van der Waals surface area contributed by atoms with Crippen LogP contribution in [0.2, 0.25) is 5.02 Å². The van der Waals surface area contributed by atoms with Gasteiger partial charge in [0.15, 0.2) is 11.5 Å². The Labute approximate surface area is 116 Å². The minimum absolute atomic E-state index is 0.604. The number of nitrogens with zero attached hydrogens (tertiary/aromatic N) is 1. The van der Waals surface area contributed by atoms with Crippen molar-refractivity contribution < 1.29 is 4.42 Å². The van der Waals surface area contributed by atoms with Gasteiger partial charge in [0.25, 0.3) is 0 Å². The Balaban J connectivity index is 1.67. The van der Waals surface area contributed by atoms with Crippen LogP contribution in [-0.2, 0) is 6.42 Å². The topological polar surface area (TPSA) is 38.1 Å². The highest BCUT2D eigenvalue weighted by Crippen LogP contribution is 2.24. The summed E-state index contributed by atoms with van der Waals surface area (Å²) < 4.78 is 5.65. The molecule has 0 atom stereocenters. The van der Waals surface area contributed by atoms with Gasteiger partial charge in [-0.1, -0.05) is 35.9 Å². The summed E-state index contributed by atoms with van der Waals surface area (Å²) in [6.07, 6.45) is 0.722. The van der Waals surface area contributed by atoms with Crippen molar-refractivity contribution in [2.45, 2.75) is 6.42 Å². The number of hydrogen-bond acceptors (Lipinski definition) is 3. The van der Waals surface area contributed by atoms with Gasteiger partial charge in [0.05, 0.1) is 5.02 Å². The second-order valence-electron chi connectivity index (χ2n) is 4.24. The number of halogens is 1. The average molecular weight is 273 g/mol. The summed E-state index contributed by atoms with van der Waals surface area (Å²) in [5.41, 5.74) is 2.57. The Morgan fingerprint density at radius 3 is 2.68 bits per heavy atom. The number of oxazole rings is 1. The minimum Gasteiger partial charge on any atom is -0.439 e. The van der Waals surface area contributed by atoms with E-state index in [0.29, 0.717) is 16.5 Å². The van der Waals surface area contributed by atoms with Gasteiger partial charge in [0.2, 0.25) is 0 Å². The van der Waals surface area contributed by atoms with E-state index in [9.17, 15) is 0 Å². The van der Waals surface area contributed by atoms with Crippen LogP contribution in [0.15, 0.2) is 52.9 Å². The first kappa shape index (κ1) is 12.1. The van der Waals surface area contributed by atoms with Crippen LogP contribution < -0.4 is 5.32 Å². The van der Waals surface area contributed by atoms with Crippen molar-refractivity contribution in [2.24, 2.45) is 0 Å². The van der Waals surface area contributed by atoms with E-state index in [1.54, 1.807) is 6.07 Å². The van der Waals surface area contributed by atoms with E-state index < -0.39 is 0 Å². The lowest BCUT2D eigenvalue weighted by atomic mass is 10.3. The molecular formula is C15H13ClN2O. The molecule has 1 N–H and O–H groups in total. The van der Waals surface area contributed by atoms with Crippen LogP contribution in [0.25, 0.3) is 11.1 Å². The maximum atomic E-state index is 6.05. The third-order valence-corrected chi connectivity index (χ3v) is 3.15. The molecular weight excluding hydrogens is 260 g/mol. The van der Waals surface area contributed by atoms with Crippen LogP contribution in [0.5, 0.6) is 0 Å². The number of para-hydroxylation sites is 2. The smallest absolute Gasteiger partial charge is 0.197 e. The Hall–Kier alpha value is -2.00. The van der Waals surface area contributed by atoms with Crippen molar-refractivity contribution in [1.29, 1.82) is 0 Å². The van der Waals surface area contributed by atoms with Gasteiger partial charge in [-0.05, 0) is 24.3 Å². The first-order valence-corrected chi connectivity index (χ1v) is 6.53. The molecule has 2 aromatic carbocycles. The summed E-state index contributed by atoms with van der Waals surface area (Å²) in [5.74, 6) is 0.700. The second-order valence-corrected chi connectivity index (χ2v) is 4.65. The molecule has 0 amide bonds. The third kappa shape index (κ3) is 2.71. The van der Waals surface area contributed by atoms with Gasteiger partial charge in [-0.25, -0.2) is 4.98 Å². The molecule has 0 radical (unpaired) electrons. The van der Waals surface area contributed by atoms with Gasteiger partial charge in [-0.2, -0.15) is 0 Å². The summed E-state index contributed by atoms with van der Waals surface area (Å²) in [5, 5.41) is 3.92. The number of benzene rings is 2. The number of nitrogens with one attached hydrogen (secondary N) is 1. The number of hydrogen-bond donors (Lipinski definition) is 1. The Bertz CT molecular complexity index is 679. The number of fused-ring (bicyclic) bond motifs is 1. The van der Waals surface area contributed by atoms with E-state index in [0.717, 1.165) is 24.2 Å². The molecule has 0 aliphatic heterocycles. The molecule has 0 saturated heterocycles. The van der Waals surface area contributed by atoms with E-state index >= 15 is 0 Å². The normalized spacial score (nSPS) is 10.8. The molecule has 3 nitrogen and oxygen atoms in total. The van der Waals surface area contributed by atoms with Crippen LogP contribution in [0.4, 0.5) is 5.69 Å². The highest BCUT2D eigenvalue weighted by atomic mass is 35.5. The minimum atomic E-state index is 0.604. The largest absolute Gasteiger partial charge is 0.439 e. The standard InChI is InChI=1S/C15H13ClN2O/c16-12-7-4-8-13-15(12)19-14(18-13)9-10-17-11-5-2-1-3-6-11/h1-8,17H,9-10H2. The first-order chi connectivity index (χ1) is 9.33. The van der Waals surface area contributed by atoms with Gasteiger partial charge in [-0.15, -0.1) is 0 Å². The van der Waals surface area contributed by atoms with Crippen molar-refractivity contribution in [3.8, 4) is 0 Å². The molecule has 0 fully saturated rings. The summed E-state index contributed by atoms with van der Waals surface area (Å²) >= 11 is 6.05. The molecule has 4 heteroatoms. The molecule has 0 bridgehead atoms. The Kier molecular flexibility index (Phi) is 3.38. The molecule has 0 aliphatic carbocycles. The van der Waals surface area contributed by atoms with Gasteiger partial charge >= 0.3 is 0 Å². The van der Waals surface area contributed by atoms with E-state index in [2.05, 4.69) is 10.3 Å². The van der Waals surface area contributed by atoms with Crippen LogP contribution >= 0.6 is 11.6 Å². The van der Waals surface area contributed by atoms with Crippen LogP contribution in [-0.4, -0.2) is 11.5 Å². The monoisotopic (exact) mass is 272 g/mol. The van der Waals surface area contributed by atoms with E-state index in [-0.39, 0.29) is 0 Å². The third-order valence-electron chi connectivity index (χ3n) is 2.85. The van der Waals surface area contributed by atoms with E-state index in [1.165, 1.54) is 0 Å². The molecule has 3 aromatic rings. The predicted octanol–water partition coefficient (Wildman–Crippen LogP) is 4.14. The van der Waals surface area contributed by atoms with Crippen molar-refractivity contribution in [3.63, 3.8) is 0 Å². The molecule has 0 unspecified atom stereocenters. The molecule has 0 saturated carbocycles.